The summed E-state index contributed by atoms with van der Waals surface area (Å²) in [6.45, 7) is 11.2. The molecule has 0 saturated carbocycles. The van der Waals surface area contributed by atoms with E-state index in [0.29, 0.717) is 29.6 Å². The number of aromatic nitrogens is 6. The fourth-order valence-electron chi connectivity index (χ4n) is 8.47. The van der Waals surface area contributed by atoms with Gasteiger partial charge >= 0.3 is 135 Å². The molecule has 0 aliphatic carbocycles. The Morgan fingerprint density at radius 1 is 0.667 bits per heavy atom. The van der Waals surface area contributed by atoms with Crippen LogP contribution < -0.4 is 26.5 Å². The molecule has 36 nitrogen and oxygen atoms in total. The number of unbranched alkanes of at least 4 members (excludes halogenated alkanes) is 12. The summed E-state index contributed by atoms with van der Waals surface area (Å²) in [6, 6.07) is 9.30. The molecule has 2 aliphatic heterocycles. The zero-order valence-electron chi connectivity index (χ0n) is 50.3. The second-order valence-corrected chi connectivity index (χ2v) is 30.9. The van der Waals surface area contributed by atoms with Crippen LogP contribution >= 0.6 is 38.2 Å². The van der Waals surface area contributed by atoms with Gasteiger partial charge in [-0.05, 0) is 24.3 Å². The van der Waals surface area contributed by atoms with E-state index in [2.05, 4.69) is 85.6 Å². The van der Waals surface area contributed by atoms with E-state index >= 15 is 0 Å². The van der Waals surface area contributed by atoms with Crippen molar-refractivity contribution in [2.75, 3.05) is 37.8 Å². The summed E-state index contributed by atoms with van der Waals surface area (Å²) in [5, 5.41) is 103. The molecule has 17 N–H and O–H groups in total. The number of rotatable bonds is 32. The molecule has 2 fully saturated rings. The van der Waals surface area contributed by atoms with Gasteiger partial charge in [0.05, 0.1) is 18.0 Å². The zero-order valence-corrected chi connectivity index (χ0v) is 54.7. The van der Waals surface area contributed by atoms with E-state index in [4.69, 9.17) is 46.5 Å². The van der Waals surface area contributed by atoms with Crippen molar-refractivity contribution in [3.8, 4) is 12.1 Å². The number of aliphatic hydroxyl groups is 5. The number of nitrogens with zero attached hydrogens (tertiary/aromatic N) is 8. The number of fused-ring (bicyclic) bond motifs is 2. The molecule has 516 valence electrons. The average Bonchev–Trinajstić information content (AvgIpc) is 1.43. The van der Waals surface area contributed by atoms with Crippen molar-refractivity contribution < 1.29 is 116 Å². The Labute approximate surface area is 522 Å². The van der Waals surface area contributed by atoms with E-state index in [0.717, 1.165) is 19.2 Å². The molecule has 0 bridgehead atoms. The summed E-state index contributed by atoms with van der Waals surface area (Å²) >= 11 is 0. The van der Waals surface area contributed by atoms with Crippen molar-refractivity contribution in [2.45, 2.75) is 200 Å². The molecule has 2 saturated heterocycles. The van der Waals surface area contributed by atoms with E-state index < -0.39 is 99.3 Å². The first-order chi connectivity index (χ1) is 42.0. The number of aliphatic hydroxyl groups excluding tert-OH is 5. The van der Waals surface area contributed by atoms with Crippen LogP contribution in [0.15, 0.2) is 36.9 Å². The van der Waals surface area contributed by atoms with E-state index in [1.165, 1.54) is 111 Å². The first-order valence-electron chi connectivity index (χ1n) is 28.5. The van der Waals surface area contributed by atoms with Crippen molar-refractivity contribution in [3.05, 3.63) is 48.3 Å². The van der Waals surface area contributed by atoms with Crippen molar-refractivity contribution >= 4 is 60.9 Å². The van der Waals surface area contributed by atoms with E-state index in [9.17, 15) is 63.7 Å². The molecule has 41 heteroatoms. The van der Waals surface area contributed by atoms with Crippen LogP contribution in [0.4, 0.5) is 11.6 Å². The smallest absolute Gasteiger partial charge is 0.392 e. The van der Waals surface area contributed by atoms with Gasteiger partial charge in [-0.2, -0.15) is 29.3 Å². The molecule has 6 heterocycles. The summed E-state index contributed by atoms with van der Waals surface area (Å²) < 4.78 is 79.1. The molecule has 0 radical (unpaired) electrons. The van der Waals surface area contributed by atoms with Gasteiger partial charge in [0.25, 0.3) is 0 Å². The standard InChI is InChI=1S/C12H16N5O13P3.C12H13N5O4.C8H22N2O7P2.2C8H18.CH4/c13-3-12(4-27-32(23,24)30-33(25,26)29-31(20,21)22)10(19)8(18)9(28-12)6-1-2-7-11(14)15-5-16-17(6)7;13-3-12(4-18)10(20)8(19)9(21-12)6-1-2-7-11(14)15-5-16-17(6)7;1-3-5-7-9-19(16-12,17-15-11,18(13)14)10-8-6-4-2;2*1-3-5-7-8-6-4-2;/h1-2,5,8-10,18-19H,4H2,(H,23,24)(H,25,26)(H2,14,15,16)(H2,20,21,22);1-2,5,8-10,18-20H,4H2,(H2,14,15,16);9-12H,3-8H2,1-2H3;2*3-8H2,1-2H3;1H4/t2*8-,9-,10-,12+;;;;/m00..../s1. The molecule has 0 spiro atoms. The van der Waals surface area contributed by atoms with E-state index in [1.807, 2.05) is 13.8 Å². The Balaban J connectivity index is 0.000000617. The van der Waals surface area contributed by atoms with Gasteiger partial charge < -0.3 is 66.0 Å². The normalized spacial score (nSPS) is 23.2. The van der Waals surface area contributed by atoms with Gasteiger partial charge in [0.15, 0.2) is 11.6 Å². The maximum atomic E-state index is 11.9. The van der Waals surface area contributed by atoms with Crippen molar-refractivity contribution in [2.24, 2.45) is 0 Å². The number of nitrogen functional groups attached to an aromatic ring is 2. The number of hydrogen-bond donors (Lipinski definition) is 15. The Morgan fingerprint density at radius 3 is 1.38 bits per heavy atom. The second kappa shape index (κ2) is 39.8. The van der Waals surface area contributed by atoms with Gasteiger partial charge in [-0.1, -0.05) is 112 Å². The van der Waals surface area contributed by atoms with E-state index in [-0.39, 0.29) is 37.8 Å². The minimum atomic E-state index is -5.80. The zero-order chi connectivity index (χ0) is 67.3. The van der Waals surface area contributed by atoms with Crippen LogP contribution in [-0.2, 0) is 55.3 Å². The van der Waals surface area contributed by atoms with Crippen LogP contribution in [0.3, 0.4) is 0 Å². The second-order valence-electron chi connectivity index (χ2n) is 20.1. The fourth-order valence-corrected chi connectivity index (χ4v) is 15.2. The number of phosphoric acid groups is 3. The van der Waals surface area contributed by atoms with Gasteiger partial charge in [0, 0.05) is 0 Å². The van der Waals surface area contributed by atoms with Gasteiger partial charge in [-0.15, -0.1) is 0 Å². The minimum absolute atomic E-state index is 0. The van der Waals surface area contributed by atoms with Crippen LogP contribution in [0, 0.1) is 22.7 Å². The summed E-state index contributed by atoms with van der Waals surface area (Å²) in [5.74, 6) is 0.321. The van der Waals surface area contributed by atoms with Crippen LogP contribution in [-0.4, -0.2) is 147 Å². The molecule has 11 atom stereocenters. The van der Waals surface area contributed by atoms with E-state index in [1.54, 1.807) is 18.2 Å². The van der Waals surface area contributed by atoms with Gasteiger partial charge in [0.1, 0.15) is 79.1 Å². The largest absolute Gasteiger partial charge is 0.490 e. The predicted octanol–water partition coefficient (Wildman–Crippen LogP) is 6.35. The third-order valence-corrected chi connectivity index (χ3v) is 23.0. The monoisotopic (exact) mass is 1390 g/mol. The van der Waals surface area contributed by atoms with Crippen LogP contribution in [0.5, 0.6) is 0 Å². The topological polar surface area (TPSA) is 572 Å². The molecule has 0 amide bonds. The predicted molar refractivity (Wildman–Crippen MR) is 324 cm³/mol. The Morgan fingerprint density at radius 2 is 1.06 bits per heavy atom. The summed E-state index contributed by atoms with van der Waals surface area (Å²) in [5.41, 5.74) is 8.40. The summed E-state index contributed by atoms with van der Waals surface area (Å²) in [4.78, 5) is 55.0. The number of phosphoric ester groups is 1. The van der Waals surface area contributed by atoms with Crippen molar-refractivity contribution in [1.82, 2.24) is 39.4 Å². The maximum absolute atomic E-state index is 11.9. The number of anilines is 2. The molecular weight excluding hydrogens is 1300 g/mol. The molecule has 4 aromatic rings. The molecule has 0 aromatic carbocycles. The Bertz CT molecular complexity index is 2980. The fraction of sp³-hybridized carbons (Fsp3) is 0.714. The van der Waals surface area contributed by atoms with Crippen LogP contribution in [0.1, 0.15) is 175 Å². The number of nitrogens with two attached hydrogens (primary N) is 2. The average molecular weight is 1390 g/mol. The Kier molecular flexibility index (Phi) is 37.2. The van der Waals surface area contributed by atoms with Gasteiger partial charge in [-0.25, -0.2) is 32.7 Å². The molecule has 6 rings (SSSR count). The quantitative estimate of drug-likeness (QED) is 0.0110. The van der Waals surface area contributed by atoms with Gasteiger partial charge in [0.2, 0.25) is 11.2 Å². The first kappa shape index (κ1) is 84.2. The molecule has 2 aliphatic rings. The van der Waals surface area contributed by atoms with Gasteiger partial charge in [-0.3, -0.25) is 4.52 Å². The molecule has 4 aromatic heterocycles. The number of nitrogens with one attached hydrogen (secondary N) is 2. The third kappa shape index (κ3) is 23.6. The molecular formula is C49H91N12O24P5. The Hall–Kier alpha value is -3.84. The first-order valence-corrected chi connectivity index (χ1v) is 36.9. The number of hydrogen-bond acceptors (Lipinski definition) is 30. The van der Waals surface area contributed by atoms with Crippen LogP contribution in [0.2, 0.25) is 0 Å². The molecule has 3 unspecified atom stereocenters. The minimum Gasteiger partial charge on any atom is -0.392 e. The number of nitriles is 2. The maximum Gasteiger partial charge on any atom is 0.490 e. The molecule has 90 heavy (non-hydrogen) atoms. The van der Waals surface area contributed by atoms with Crippen molar-refractivity contribution in [1.29, 1.82) is 10.5 Å². The SMILES string of the molecule is C.CCCCCCCC.CCCCCCCC.CCCCNP(NCCCC)(OO)(OOO)[P+](=O)[O-].N#C[C@]1(CO)O[C@@H](c2ccc3c(N)ncnn23)[C@H](O)[C@@H]1O.N#C[C@]1(COP(=O)(O)OP(=O)(O)OP(=O)(O)O)O[C@@H](c2ccc3c(N)ncnn23)[C@H](O)[C@@H]1O. The summed E-state index contributed by atoms with van der Waals surface area (Å²) in [6.07, 6.45) is 12.9. The van der Waals surface area contributed by atoms with Crippen molar-refractivity contribution in [3.63, 3.8) is 0 Å². The third-order valence-electron chi connectivity index (χ3n) is 13.4. The number of ether oxygens (including phenoxy) is 2. The van der Waals surface area contributed by atoms with Crippen LogP contribution in [0.25, 0.3) is 11.0 Å². The summed E-state index contributed by atoms with van der Waals surface area (Å²) in [7, 11) is -25.4.